The maximum atomic E-state index is 12.4. The number of carbonyl (C=O) groups excluding carboxylic acids is 2. The van der Waals surface area contributed by atoms with E-state index in [1.165, 1.54) is 24.1 Å². The molecule has 0 aliphatic carbocycles. The first-order valence-corrected chi connectivity index (χ1v) is 8.69. The molecule has 6 nitrogen and oxygen atoms in total. The highest BCUT2D eigenvalue weighted by molar-refractivity contribution is 7.91. The van der Waals surface area contributed by atoms with Gasteiger partial charge in [-0.2, -0.15) is 0 Å². The molecule has 1 saturated heterocycles. The highest BCUT2D eigenvalue weighted by Crippen LogP contribution is 2.24. The molecule has 2 atom stereocenters. The number of esters is 1. The third-order valence-corrected chi connectivity index (χ3v) is 5.68. The van der Waals surface area contributed by atoms with Gasteiger partial charge < -0.3 is 9.64 Å². The molecule has 0 radical (unpaired) electrons. The number of methoxy groups -OCH3 is 1. The summed E-state index contributed by atoms with van der Waals surface area (Å²) in [5.41, 5.74) is 0. The first kappa shape index (κ1) is 16.5. The van der Waals surface area contributed by atoms with Crippen molar-refractivity contribution in [3.05, 3.63) is 30.3 Å². The van der Waals surface area contributed by atoms with Crippen LogP contribution in [0.5, 0.6) is 0 Å². The van der Waals surface area contributed by atoms with Crippen molar-refractivity contribution in [3.63, 3.8) is 0 Å². The van der Waals surface area contributed by atoms with Crippen molar-refractivity contribution in [2.75, 3.05) is 12.9 Å². The third-order valence-electron chi connectivity index (χ3n) is 3.77. The van der Waals surface area contributed by atoms with E-state index in [2.05, 4.69) is 0 Å². The maximum absolute atomic E-state index is 12.4. The Bertz CT molecular complexity index is 656. The van der Waals surface area contributed by atoms with Crippen LogP contribution in [0.3, 0.4) is 0 Å². The van der Waals surface area contributed by atoms with Crippen LogP contribution in [0.25, 0.3) is 0 Å². The zero-order valence-electron chi connectivity index (χ0n) is 12.6. The molecule has 1 fully saturated rings. The van der Waals surface area contributed by atoms with Crippen LogP contribution >= 0.6 is 0 Å². The van der Waals surface area contributed by atoms with Crippen LogP contribution in [0.4, 0.5) is 0 Å². The van der Waals surface area contributed by atoms with Crippen LogP contribution in [0.2, 0.25) is 0 Å². The van der Waals surface area contributed by atoms with Crippen LogP contribution < -0.4 is 0 Å². The molecule has 1 aliphatic heterocycles. The number of carbonyl (C=O) groups is 2. The molecule has 1 heterocycles. The molecule has 1 aromatic rings. The van der Waals surface area contributed by atoms with Crippen LogP contribution in [0.15, 0.2) is 35.2 Å². The smallest absolute Gasteiger partial charge is 0.328 e. The summed E-state index contributed by atoms with van der Waals surface area (Å²) in [5.74, 6) is -0.947. The van der Waals surface area contributed by atoms with Gasteiger partial charge in [0.15, 0.2) is 9.84 Å². The lowest BCUT2D eigenvalue weighted by Gasteiger charge is -2.29. The monoisotopic (exact) mass is 325 g/mol. The highest BCUT2D eigenvalue weighted by Gasteiger charge is 2.40. The van der Waals surface area contributed by atoms with E-state index in [0.717, 1.165) is 0 Å². The Morgan fingerprint density at radius 2 is 2.00 bits per heavy atom. The maximum Gasteiger partial charge on any atom is 0.328 e. The molecule has 0 N–H and O–H groups in total. The standard InChI is InChI=1S/C15H19NO5S/c1-11(10-22(19,20)12-6-4-3-5-7-12)16-13(15(18)21-2)8-9-14(16)17/h3-7,11,13H,8-10H2,1-2H3. The van der Waals surface area contributed by atoms with Gasteiger partial charge in [-0.1, -0.05) is 18.2 Å². The van der Waals surface area contributed by atoms with Crippen molar-refractivity contribution in [1.82, 2.24) is 4.90 Å². The molecule has 1 amide bonds. The lowest BCUT2D eigenvalue weighted by atomic mass is 10.2. The lowest BCUT2D eigenvalue weighted by Crippen LogP contribution is -2.47. The molecule has 1 aromatic carbocycles. The largest absolute Gasteiger partial charge is 0.467 e. The Balaban J connectivity index is 2.19. The minimum atomic E-state index is -3.52. The number of sulfone groups is 1. The molecule has 0 bridgehead atoms. The molecule has 2 unspecified atom stereocenters. The fourth-order valence-corrected chi connectivity index (χ4v) is 4.30. The topological polar surface area (TPSA) is 80.8 Å². The zero-order valence-corrected chi connectivity index (χ0v) is 13.4. The van der Waals surface area contributed by atoms with Gasteiger partial charge in [-0.25, -0.2) is 13.2 Å². The average Bonchev–Trinajstić information content (AvgIpc) is 2.89. The normalized spacial score (nSPS) is 20.0. The number of hydrogen-bond donors (Lipinski definition) is 0. The van der Waals surface area contributed by atoms with Gasteiger partial charge in [0.1, 0.15) is 6.04 Å². The fourth-order valence-electron chi connectivity index (χ4n) is 2.74. The van der Waals surface area contributed by atoms with Crippen molar-refractivity contribution < 1.29 is 22.7 Å². The molecule has 0 spiro atoms. The van der Waals surface area contributed by atoms with E-state index in [1.807, 2.05) is 0 Å². The number of likely N-dealkylation sites (tertiary alicyclic amines) is 1. The Morgan fingerprint density at radius 1 is 1.36 bits per heavy atom. The SMILES string of the molecule is COC(=O)C1CCC(=O)N1C(C)CS(=O)(=O)c1ccccc1. The number of benzene rings is 1. The summed E-state index contributed by atoms with van der Waals surface area (Å²) in [6.45, 7) is 1.64. The number of nitrogens with zero attached hydrogens (tertiary/aromatic N) is 1. The first-order chi connectivity index (χ1) is 10.4. The van der Waals surface area contributed by atoms with E-state index < -0.39 is 27.9 Å². The zero-order chi connectivity index (χ0) is 16.3. The fraction of sp³-hybridized carbons (Fsp3) is 0.467. The van der Waals surface area contributed by atoms with E-state index in [-0.39, 0.29) is 23.0 Å². The Hall–Kier alpha value is -1.89. The van der Waals surface area contributed by atoms with Gasteiger partial charge in [-0.15, -0.1) is 0 Å². The highest BCUT2D eigenvalue weighted by atomic mass is 32.2. The molecule has 0 aromatic heterocycles. The second-order valence-electron chi connectivity index (χ2n) is 5.32. The molecule has 1 aliphatic rings. The quantitative estimate of drug-likeness (QED) is 0.755. The summed E-state index contributed by atoms with van der Waals surface area (Å²) in [4.78, 5) is 25.3. The summed E-state index contributed by atoms with van der Waals surface area (Å²) >= 11 is 0. The third kappa shape index (κ3) is 3.30. The molecule has 22 heavy (non-hydrogen) atoms. The molecule has 0 saturated carbocycles. The summed E-state index contributed by atoms with van der Waals surface area (Å²) in [6.07, 6.45) is 0.594. The van der Waals surface area contributed by atoms with Gasteiger partial charge in [0.05, 0.1) is 17.8 Å². The predicted octanol–water partition coefficient (Wildman–Crippen LogP) is 1.01. The van der Waals surface area contributed by atoms with Gasteiger partial charge in [-0.05, 0) is 25.5 Å². The lowest BCUT2D eigenvalue weighted by molar-refractivity contribution is -0.150. The first-order valence-electron chi connectivity index (χ1n) is 7.03. The molecular weight excluding hydrogens is 306 g/mol. The van der Waals surface area contributed by atoms with E-state index in [4.69, 9.17) is 4.74 Å². The predicted molar refractivity (Wildman–Crippen MR) is 79.8 cm³/mol. The Morgan fingerprint density at radius 3 is 2.59 bits per heavy atom. The minimum Gasteiger partial charge on any atom is -0.467 e. The summed E-state index contributed by atoms with van der Waals surface area (Å²) in [5, 5.41) is 0. The van der Waals surface area contributed by atoms with E-state index in [1.54, 1.807) is 25.1 Å². The van der Waals surface area contributed by atoms with Crippen LogP contribution in [0, 0.1) is 0 Å². The molecule has 2 rings (SSSR count). The minimum absolute atomic E-state index is 0.211. The number of amides is 1. The summed E-state index contributed by atoms with van der Waals surface area (Å²) < 4.78 is 29.5. The van der Waals surface area contributed by atoms with Crippen molar-refractivity contribution >= 4 is 21.7 Å². The van der Waals surface area contributed by atoms with E-state index >= 15 is 0 Å². The van der Waals surface area contributed by atoms with Gasteiger partial charge in [0, 0.05) is 12.5 Å². The molecular formula is C15H19NO5S. The summed E-state index contributed by atoms with van der Waals surface area (Å²) in [7, 11) is -2.26. The van der Waals surface area contributed by atoms with Crippen LogP contribution in [0.1, 0.15) is 19.8 Å². The van der Waals surface area contributed by atoms with Crippen molar-refractivity contribution in [2.45, 2.75) is 36.7 Å². The molecule has 120 valence electrons. The number of ether oxygens (including phenoxy) is 1. The van der Waals surface area contributed by atoms with Crippen molar-refractivity contribution in [2.24, 2.45) is 0 Å². The van der Waals surface area contributed by atoms with Gasteiger partial charge in [0.2, 0.25) is 5.91 Å². The van der Waals surface area contributed by atoms with Gasteiger partial charge >= 0.3 is 5.97 Å². The van der Waals surface area contributed by atoms with Crippen LogP contribution in [-0.4, -0.2) is 50.1 Å². The van der Waals surface area contributed by atoms with Crippen molar-refractivity contribution in [1.29, 1.82) is 0 Å². The van der Waals surface area contributed by atoms with Gasteiger partial charge in [-0.3, -0.25) is 4.79 Å². The Labute approximate surface area is 130 Å². The van der Waals surface area contributed by atoms with Gasteiger partial charge in [0.25, 0.3) is 0 Å². The summed E-state index contributed by atoms with van der Waals surface area (Å²) in [6, 6.07) is 6.78. The Kier molecular flexibility index (Phi) is 4.85. The molecule has 7 heteroatoms. The van der Waals surface area contributed by atoms with Crippen LogP contribution in [-0.2, 0) is 24.2 Å². The van der Waals surface area contributed by atoms with E-state index in [0.29, 0.717) is 6.42 Å². The van der Waals surface area contributed by atoms with Crippen molar-refractivity contribution in [3.8, 4) is 0 Å². The number of rotatable bonds is 5. The second-order valence-corrected chi connectivity index (χ2v) is 7.36. The average molecular weight is 325 g/mol. The second kappa shape index (κ2) is 6.48. The number of hydrogen-bond acceptors (Lipinski definition) is 5. The van der Waals surface area contributed by atoms with E-state index in [9.17, 15) is 18.0 Å².